The number of urea groups is 1. The fourth-order valence-electron chi connectivity index (χ4n) is 3.20. The first-order chi connectivity index (χ1) is 11.7. The molecule has 0 bridgehead atoms. The van der Waals surface area contributed by atoms with Crippen LogP contribution in [-0.2, 0) is 4.79 Å². The Labute approximate surface area is 146 Å². The van der Waals surface area contributed by atoms with E-state index in [9.17, 15) is 9.59 Å². The van der Waals surface area contributed by atoms with E-state index in [0.717, 1.165) is 36.6 Å². The Kier molecular flexibility index (Phi) is 5.50. The first kappa shape index (κ1) is 17.0. The minimum Gasteiger partial charge on any atom is -0.497 e. The van der Waals surface area contributed by atoms with Gasteiger partial charge in [0.2, 0.25) is 5.91 Å². The van der Waals surface area contributed by atoms with Gasteiger partial charge in [0.05, 0.1) is 18.9 Å². The van der Waals surface area contributed by atoms with E-state index in [4.69, 9.17) is 4.74 Å². The van der Waals surface area contributed by atoms with Crippen molar-refractivity contribution in [2.75, 3.05) is 39.0 Å². The molecule has 0 aromatic heterocycles. The number of thioether (sulfide) groups is 1. The molecule has 2 saturated heterocycles. The van der Waals surface area contributed by atoms with Crippen molar-refractivity contribution < 1.29 is 14.3 Å². The molecule has 1 unspecified atom stereocenters. The third-order valence-corrected chi connectivity index (χ3v) is 5.46. The number of carbonyl (C=O) groups excluding carboxylic acids is 2. The Bertz CT molecular complexity index is 610. The number of likely N-dealkylation sites (tertiary alicyclic amines) is 1. The SMILES string of the molecule is COc1cccc(SCC(=O)N2CCCC(N3CCNC3=O)C2)c1. The summed E-state index contributed by atoms with van der Waals surface area (Å²) in [7, 11) is 1.64. The number of nitrogens with one attached hydrogen (secondary N) is 1. The molecule has 2 fully saturated rings. The van der Waals surface area contributed by atoms with Crippen LogP contribution in [0.5, 0.6) is 5.75 Å². The molecule has 6 nitrogen and oxygen atoms in total. The lowest BCUT2D eigenvalue weighted by molar-refractivity contribution is -0.130. The second kappa shape index (κ2) is 7.79. The second-order valence-corrected chi connectivity index (χ2v) is 7.08. The van der Waals surface area contributed by atoms with Crippen LogP contribution < -0.4 is 10.1 Å². The van der Waals surface area contributed by atoms with Crippen molar-refractivity contribution in [1.29, 1.82) is 0 Å². The summed E-state index contributed by atoms with van der Waals surface area (Å²) in [6, 6.07) is 7.88. The number of nitrogens with zero attached hydrogens (tertiary/aromatic N) is 2. The lowest BCUT2D eigenvalue weighted by atomic mass is 10.0. The van der Waals surface area contributed by atoms with E-state index in [1.807, 2.05) is 34.1 Å². The van der Waals surface area contributed by atoms with Crippen LogP contribution in [-0.4, -0.2) is 66.8 Å². The monoisotopic (exact) mass is 349 g/mol. The normalized spacial score (nSPS) is 20.9. The minimum absolute atomic E-state index is 0.0000505. The predicted molar refractivity (Wildman–Crippen MR) is 93.4 cm³/mol. The molecule has 3 amide bonds. The maximum absolute atomic E-state index is 12.5. The number of hydrogen-bond acceptors (Lipinski definition) is 4. The molecule has 7 heteroatoms. The first-order valence-corrected chi connectivity index (χ1v) is 9.25. The van der Waals surface area contributed by atoms with Crippen molar-refractivity contribution in [3.8, 4) is 5.75 Å². The summed E-state index contributed by atoms with van der Waals surface area (Å²) in [6.45, 7) is 2.87. The van der Waals surface area contributed by atoms with Gasteiger partial charge in [-0.05, 0) is 31.0 Å². The van der Waals surface area contributed by atoms with Crippen molar-refractivity contribution in [2.24, 2.45) is 0 Å². The molecule has 0 radical (unpaired) electrons. The maximum Gasteiger partial charge on any atom is 0.317 e. The minimum atomic E-state index is 0.0000505. The molecule has 130 valence electrons. The van der Waals surface area contributed by atoms with Crippen molar-refractivity contribution >= 4 is 23.7 Å². The molecule has 0 aliphatic carbocycles. The Hall–Kier alpha value is -1.89. The fourth-order valence-corrected chi connectivity index (χ4v) is 4.04. The van der Waals surface area contributed by atoms with Gasteiger partial charge >= 0.3 is 6.03 Å². The van der Waals surface area contributed by atoms with Crippen molar-refractivity contribution in [3.05, 3.63) is 24.3 Å². The van der Waals surface area contributed by atoms with Crippen LogP contribution in [0, 0.1) is 0 Å². The second-order valence-electron chi connectivity index (χ2n) is 6.03. The van der Waals surface area contributed by atoms with Gasteiger partial charge in [-0.3, -0.25) is 4.79 Å². The zero-order valence-corrected chi connectivity index (χ0v) is 14.7. The Morgan fingerprint density at radius 3 is 3.04 bits per heavy atom. The van der Waals surface area contributed by atoms with E-state index in [-0.39, 0.29) is 18.0 Å². The van der Waals surface area contributed by atoms with Gasteiger partial charge in [-0.1, -0.05) is 6.07 Å². The van der Waals surface area contributed by atoms with Gasteiger partial charge < -0.3 is 19.9 Å². The number of hydrogen-bond donors (Lipinski definition) is 1. The summed E-state index contributed by atoms with van der Waals surface area (Å²) in [5.74, 6) is 1.34. The van der Waals surface area contributed by atoms with E-state index in [1.54, 1.807) is 7.11 Å². The van der Waals surface area contributed by atoms with E-state index in [2.05, 4.69) is 5.32 Å². The number of benzene rings is 1. The molecule has 1 N–H and O–H groups in total. The van der Waals surface area contributed by atoms with Gasteiger partial charge in [0.25, 0.3) is 0 Å². The molecule has 2 aliphatic heterocycles. The number of carbonyl (C=O) groups is 2. The third-order valence-electron chi connectivity index (χ3n) is 4.48. The van der Waals surface area contributed by atoms with Gasteiger partial charge in [-0.25, -0.2) is 4.79 Å². The van der Waals surface area contributed by atoms with Crippen molar-refractivity contribution in [3.63, 3.8) is 0 Å². The summed E-state index contributed by atoms with van der Waals surface area (Å²) in [5.41, 5.74) is 0. The van der Waals surface area contributed by atoms with E-state index in [1.165, 1.54) is 11.8 Å². The molecule has 2 aliphatic rings. The highest BCUT2D eigenvalue weighted by Crippen LogP contribution is 2.24. The summed E-state index contributed by atoms with van der Waals surface area (Å²) in [5, 5.41) is 2.84. The average Bonchev–Trinajstić information content (AvgIpc) is 3.06. The lowest BCUT2D eigenvalue weighted by Crippen LogP contribution is -2.51. The predicted octanol–water partition coefficient (Wildman–Crippen LogP) is 1.80. The molecule has 0 saturated carbocycles. The highest BCUT2D eigenvalue weighted by molar-refractivity contribution is 8.00. The molecule has 3 rings (SSSR count). The summed E-state index contributed by atoms with van der Waals surface area (Å²) in [6.07, 6.45) is 1.92. The summed E-state index contributed by atoms with van der Waals surface area (Å²) < 4.78 is 5.21. The molecule has 2 heterocycles. The number of amides is 3. The highest BCUT2D eigenvalue weighted by Gasteiger charge is 2.32. The van der Waals surface area contributed by atoms with E-state index >= 15 is 0 Å². The van der Waals surface area contributed by atoms with Gasteiger partial charge in [0, 0.05) is 31.1 Å². The van der Waals surface area contributed by atoms with Crippen LogP contribution in [0.2, 0.25) is 0 Å². The molecule has 1 aromatic rings. The average molecular weight is 349 g/mol. The molecule has 24 heavy (non-hydrogen) atoms. The van der Waals surface area contributed by atoms with E-state index < -0.39 is 0 Å². The number of piperidine rings is 1. The summed E-state index contributed by atoms with van der Waals surface area (Å²) in [4.78, 5) is 29.1. The molecular formula is C17H23N3O3S. The van der Waals surface area contributed by atoms with Crippen LogP contribution in [0.25, 0.3) is 0 Å². The van der Waals surface area contributed by atoms with Gasteiger partial charge in [-0.2, -0.15) is 0 Å². The number of ether oxygens (including phenoxy) is 1. The smallest absolute Gasteiger partial charge is 0.317 e. The Balaban J connectivity index is 1.53. The van der Waals surface area contributed by atoms with Crippen molar-refractivity contribution in [1.82, 2.24) is 15.1 Å². The summed E-state index contributed by atoms with van der Waals surface area (Å²) >= 11 is 1.52. The quantitative estimate of drug-likeness (QED) is 0.824. The van der Waals surface area contributed by atoms with Crippen LogP contribution >= 0.6 is 11.8 Å². The topological polar surface area (TPSA) is 61.9 Å². The van der Waals surface area contributed by atoms with Crippen LogP contribution in [0.1, 0.15) is 12.8 Å². The highest BCUT2D eigenvalue weighted by atomic mass is 32.2. The molecule has 1 atom stereocenters. The van der Waals surface area contributed by atoms with Gasteiger partial charge in [0.15, 0.2) is 0 Å². The molecule has 0 spiro atoms. The van der Waals surface area contributed by atoms with Gasteiger partial charge in [-0.15, -0.1) is 11.8 Å². The maximum atomic E-state index is 12.5. The Morgan fingerprint density at radius 2 is 2.29 bits per heavy atom. The van der Waals surface area contributed by atoms with Gasteiger partial charge in [0.1, 0.15) is 5.75 Å². The molecule has 1 aromatic carbocycles. The van der Waals surface area contributed by atoms with E-state index in [0.29, 0.717) is 18.8 Å². The standard InChI is InChI=1S/C17H23N3O3S/c1-23-14-5-2-6-15(10-14)24-12-16(21)19-8-3-4-13(11-19)20-9-7-18-17(20)22/h2,5-6,10,13H,3-4,7-9,11-12H2,1H3,(H,18,22). The fraction of sp³-hybridized carbons (Fsp3) is 0.529. The number of rotatable bonds is 5. The molecular weight excluding hydrogens is 326 g/mol. The number of methoxy groups -OCH3 is 1. The zero-order valence-electron chi connectivity index (χ0n) is 13.9. The lowest BCUT2D eigenvalue weighted by Gasteiger charge is -2.37. The zero-order chi connectivity index (χ0) is 16.9. The third kappa shape index (κ3) is 3.95. The first-order valence-electron chi connectivity index (χ1n) is 8.26. The van der Waals surface area contributed by atoms with Crippen molar-refractivity contribution in [2.45, 2.75) is 23.8 Å². The van der Waals surface area contributed by atoms with Crippen LogP contribution in [0.4, 0.5) is 4.79 Å². The Morgan fingerprint density at radius 1 is 1.42 bits per heavy atom. The van der Waals surface area contributed by atoms with Crippen LogP contribution in [0.3, 0.4) is 0 Å². The van der Waals surface area contributed by atoms with Crippen LogP contribution in [0.15, 0.2) is 29.2 Å². The largest absolute Gasteiger partial charge is 0.497 e.